The number of carbonyl (C=O) groups excluding carboxylic acids is 2. The number of ether oxygens (including phenoxy) is 2. The molecule has 168 valence electrons. The molecule has 0 saturated heterocycles. The molecule has 3 rings (SSSR count). The first-order chi connectivity index (χ1) is 15.3. The first-order valence-electron chi connectivity index (χ1n) is 9.96. The summed E-state index contributed by atoms with van der Waals surface area (Å²) in [6.07, 6.45) is 0. The average molecular weight is 443 g/mol. The number of esters is 1. The highest BCUT2D eigenvalue weighted by atomic mass is 19.1. The zero-order valence-corrected chi connectivity index (χ0v) is 17.5. The third-order valence-electron chi connectivity index (χ3n) is 4.85. The molecule has 10 heteroatoms. The molecule has 1 aliphatic heterocycles. The molecule has 1 aliphatic rings. The lowest BCUT2D eigenvalue weighted by molar-refractivity contribution is -0.384. The number of non-ortho nitro benzene ring substituents is 1. The number of nitrogens with one attached hydrogen (secondary N) is 1. The van der Waals surface area contributed by atoms with E-state index in [-0.39, 0.29) is 36.7 Å². The third kappa shape index (κ3) is 4.85. The van der Waals surface area contributed by atoms with Crippen LogP contribution in [0.5, 0.6) is 5.75 Å². The number of urea groups is 1. The summed E-state index contributed by atoms with van der Waals surface area (Å²) in [7, 11) is 0. The standard InChI is InChI=1S/C22H22FN3O6/c1-3-25-18(13-32-17-10-8-15(23)9-11-17)19(21(27)31-4-2)20(24-22(25)28)14-6-5-7-16(12-14)26(29)30/h5-12,20H,3-4,13H2,1-2H3,(H,24,28). The van der Waals surface area contributed by atoms with E-state index in [1.807, 2.05) is 0 Å². The Labute approximate surface area is 183 Å². The molecule has 9 nitrogen and oxygen atoms in total. The summed E-state index contributed by atoms with van der Waals surface area (Å²) >= 11 is 0. The fourth-order valence-corrected chi connectivity index (χ4v) is 3.39. The summed E-state index contributed by atoms with van der Waals surface area (Å²) < 4.78 is 24.1. The van der Waals surface area contributed by atoms with Gasteiger partial charge in [0.25, 0.3) is 5.69 Å². The van der Waals surface area contributed by atoms with Crippen molar-refractivity contribution in [2.75, 3.05) is 19.8 Å². The number of halogens is 1. The van der Waals surface area contributed by atoms with Crippen molar-refractivity contribution in [1.29, 1.82) is 0 Å². The van der Waals surface area contributed by atoms with Gasteiger partial charge in [0.05, 0.1) is 28.8 Å². The molecule has 0 aromatic heterocycles. The minimum atomic E-state index is -0.976. The van der Waals surface area contributed by atoms with Gasteiger partial charge in [-0.1, -0.05) is 12.1 Å². The lowest BCUT2D eigenvalue weighted by atomic mass is 9.94. The highest BCUT2D eigenvalue weighted by Crippen LogP contribution is 2.33. The van der Waals surface area contributed by atoms with Crippen LogP contribution < -0.4 is 10.1 Å². The van der Waals surface area contributed by atoms with Crippen molar-refractivity contribution in [3.05, 3.63) is 81.3 Å². The molecule has 2 aromatic rings. The van der Waals surface area contributed by atoms with Crippen LogP contribution in [-0.2, 0) is 9.53 Å². The van der Waals surface area contributed by atoms with E-state index >= 15 is 0 Å². The van der Waals surface area contributed by atoms with Crippen LogP contribution in [0.4, 0.5) is 14.9 Å². The predicted molar refractivity (Wildman–Crippen MR) is 112 cm³/mol. The molecule has 1 heterocycles. The zero-order valence-electron chi connectivity index (χ0n) is 17.5. The van der Waals surface area contributed by atoms with E-state index in [1.165, 1.54) is 47.4 Å². The molecule has 32 heavy (non-hydrogen) atoms. The maximum atomic E-state index is 13.2. The predicted octanol–water partition coefficient (Wildman–Crippen LogP) is 3.72. The normalized spacial score (nSPS) is 15.9. The van der Waals surface area contributed by atoms with Gasteiger partial charge in [0.1, 0.15) is 18.2 Å². The van der Waals surface area contributed by atoms with Crippen molar-refractivity contribution in [3.63, 3.8) is 0 Å². The average Bonchev–Trinajstić information content (AvgIpc) is 2.78. The Morgan fingerprint density at radius 1 is 1.22 bits per heavy atom. The Balaban J connectivity index is 2.08. The summed E-state index contributed by atoms with van der Waals surface area (Å²) in [5.74, 6) is -0.766. The van der Waals surface area contributed by atoms with Gasteiger partial charge in [0.15, 0.2) is 0 Å². The minimum Gasteiger partial charge on any atom is -0.487 e. The van der Waals surface area contributed by atoms with Crippen LogP contribution >= 0.6 is 0 Å². The number of hydrogen-bond acceptors (Lipinski definition) is 6. The number of carbonyl (C=O) groups is 2. The first kappa shape index (κ1) is 22.7. The number of nitro benzene ring substituents is 1. The van der Waals surface area contributed by atoms with Gasteiger partial charge in [-0.25, -0.2) is 14.0 Å². The summed E-state index contributed by atoms with van der Waals surface area (Å²) in [5, 5.41) is 13.9. The number of likely N-dealkylation sites (N-methyl/N-ethyl adjacent to an activating group) is 1. The van der Waals surface area contributed by atoms with Gasteiger partial charge in [0.2, 0.25) is 0 Å². The van der Waals surface area contributed by atoms with Gasteiger partial charge in [-0.05, 0) is 43.7 Å². The number of hydrogen-bond donors (Lipinski definition) is 1. The van der Waals surface area contributed by atoms with Crippen molar-refractivity contribution < 1.29 is 28.4 Å². The van der Waals surface area contributed by atoms with Crippen LogP contribution in [0.3, 0.4) is 0 Å². The summed E-state index contributed by atoms with van der Waals surface area (Å²) in [5.41, 5.74) is 0.541. The van der Waals surface area contributed by atoms with Gasteiger partial charge in [-0.3, -0.25) is 15.0 Å². The monoisotopic (exact) mass is 443 g/mol. The second kappa shape index (κ2) is 9.90. The van der Waals surface area contributed by atoms with Crippen LogP contribution in [0.2, 0.25) is 0 Å². The number of benzene rings is 2. The molecule has 1 N–H and O–H groups in total. The second-order valence-electron chi connectivity index (χ2n) is 6.80. The molecule has 1 unspecified atom stereocenters. The van der Waals surface area contributed by atoms with E-state index in [9.17, 15) is 24.1 Å². The highest BCUT2D eigenvalue weighted by molar-refractivity contribution is 5.95. The van der Waals surface area contributed by atoms with Crippen molar-refractivity contribution in [2.24, 2.45) is 0 Å². The molecule has 0 radical (unpaired) electrons. The first-order valence-corrected chi connectivity index (χ1v) is 9.96. The van der Waals surface area contributed by atoms with Gasteiger partial charge in [-0.15, -0.1) is 0 Å². The largest absolute Gasteiger partial charge is 0.487 e. The second-order valence-corrected chi connectivity index (χ2v) is 6.80. The minimum absolute atomic E-state index is 0.0934. The Hall–Kier alpha value is -3.95. The van der Waals surface area contributed by atoms with Crippen LogP contribution in [0, 0.1) is 15.9 Å². The number of nitro groups is 1. The van der Waals surface area contributed by atoms with Gasteiger partial charge >= 0.3 is 12.0 Å². The van der Waals surface area contributed by atoms with E-state index in [1.54, 1.807) is 19.9 Å². The Kier molecular flexibility index (Phi) is 7.04. The lowest BCUT2D eigenvalue weighted by Gasteiger charge is -2.36. The fraction of sp³-hybridized carbons (Fsp3) is 0.273. The van der Waals surface area contributed by atoms with E-state index in [2.05, 4.69) is 5.32 Å². The van der Waals surface area contributed by atoms with E-state index < -0.39 is 28.8 Å². The Morgan fingerprint density at radius 2 is 1.94 bits per heavy atom. The molecular weight excluding hydrogens is 421 g/mol. The maximum Gasteiger partial charge on any atom is 0.338 e. The summed E-state index contributed by atoms with van der Waals surface area (Å²) in [4.78, 5) is 37.8. The van der Waals surface area contributed by atoms with Crippen LogP contribution in [0.25, 0.3) is 0 Å². The van der Waals surface area contributed by atoms with Gasteiger partial charge < -0.3 is 14.8 Å². The third-order valence-corrected chi connectivity index (χ3v) is 4.85. The molecule has 2 amide bonds. The summed E-state index contributed by atoms with van der Waals surface area (Å²) in [6, 6.07) is 9.52. The van der Waals surface area contributed by atoms with Crippen LogP contribution in [0.1, 0.15) is 25.5 Å². The number of nitrogens with zero attached hydrogens (tertiary/aromatic N) is 2. The molecule has 0 bridgehead atoms. The number of amides is 2. The molecular formula is C22H22FN3O6. The van der Waals surface area contributed by atoms with Crippen LogP contribution in [-0.4, -0.2) is 41.6 Å². The van der Waals surface area contributed by atoms with Gasteiger partial charge in [-0.2, -0.15) is 0 Å². The fourth-order valence-electron chi connectivity index (χ4n) is 3.39. The quantitative estimate of drug-likeness (QED) is 0.378. The number of rotatable bonds is 8. The topological polar surface area (TPSA) is 111 Å². The molecule has 0 fully saturated rings. The van der Waals surface area contributed by atoms with Crippen molar-refractivity contribution in [2.45, 2.75) is 19.9 Å². The lowest BCUT2D eigenvalue weighted by Crippen LogP contribution is -2.49. The maximum absolute atomic E-state index is 13.2. The van der Waals surface area contributed by atoms with Crippen molar-refractivity contribution in [1.82, 2.24) is 10.2 Å². The Morgan fingerprint density at radius 3 is 2.56 bits per heavy atom. The molecule has 2 aromatic carbocycles. The SMILES string of the molecule is CCOC(=O)C1=C(COc2ccc(F)cc2)N(CC)C(=O)NC1c1cccc([N+](=O)[O-])c1. The van der Waals surface area contributed by atoms with Gasteiger partial charge in [0, 0.05) is 18.7 Å². The molecule has 1 atom stereocenters. The van der Waals surface area contributed by atoms with E-state index in [0.717, 1.165) is 0 Å². The van der Waals surface area contributed by atoms with Crippen molar-refractivity contribution >= 4 is 17.7 Å². The smallest absolute Gasteiger partial charge is 0.338 e. The molecule has 0 saturated carbocycles. The summed E-state index contributed by atoms with van der Waals surface area (Å²) in [6.45, 7) is 3.53. The van der Waals surface area contributed by atoms with E-state index in [4.69, 9.17) is 9.47 Å². The molecule has 0 spiro atoms. The van der Waals surface area contributed by atoms with Crippen LogP contribution in [0.15, 0.2) is 59.8 Å². The molecule has 0 aliphatic carbocycles. The van der Waals surface area contributed by atoms with E-state index in [0.29, 0.717) is 11.3 Å². The highest BCUT2D eigenvalue weighted by Gasteiger charge is 2.38. The Bertz CT molecular complexity index is 1050. The van der Waals surface area contributed by atoms with Crippen molar-refractivity contribution in [3.8, 4) is 5.75 Å². The zero-order chi connectivity index (χ0) is 23.3.